The average molecular weight is 619 g/mol. The second kappa shape index (κ2) is 10.0. The lowest BCUT2D eigenvalue weighted by molar-refractivity contribution is -0.237. The van der Waals surface area contributed by atoms with E-state index in [4.69, 9.17) is 18.9 Å². The van der Waals surface area contributed by atoms with Crippen molar-refractivity contribution < 1.29 is 42.9 Å². The summed E-state index contributed by atoms with van der Waals surface area (Å²) in [5, 5.41) is 0. The molecule has 0 aromatic heterocycles. The molecule has 0 aromatic rings. The van der Waals surface area contributed by atoms with E-state index >= 15 is 0 Å². The van der Waals surface area contributed by atoms with Gasteiger partial charge in [-0.1, -0.05) is 51.3 Å². The zero-order valence-electron chi connectivity index (χ0n) is 26.2. The molecule has 9 heteroatoms. The van der Waals surface area contributed by atoms with Gasteiger partial charge in [0.05, 0.1) is 5.41 Å². The molecular weight excluding hydrogens is 576 g/mol. The Morgan fingerprint density at radius 1 is 0.756 bits per heavy atom. The number of ketones is 1. The quantitative estimate of drug-likeness (QED) is 0.188. The fraction of sp³-hybridized carbons (Fsp3) is 0.639. The first-order valence-electron chi connectivity index (χ1n) is 16.5. The van der Waals surface area contributed by atoms with Gasteiger partial charge in [-0.15, -0.1) is 0 Å². The third-order valence-electron chi connectivity index (χ3n) is 12.8. The average Bonchev–Trinajstić information content (AvgIpc) is 3.67. The van der Waals surface area contributed by atoms with E-state index in [-0.39, 0.29) is 68.0 Å². The molecule has 7 aliphatic rings. The van der Waals surface area contributed by atoms with Crippen molar-refractivity contribution in [3.63, 3.8) is 0 Å². The second-order valence-corrected chi connectivity index (χ2v) is 14.3. The Kier molecular flexibility index (Phi) is 6.71. The molecule has 1 spiro atoms. The number of allylic oxidation sites excluding steroid dienone is 2. The van der Waals surface area contributed by atoms with Crippen molar-refractivity contribution in [2.75, 3.05) is 0 Å². The fourth-order valence-electron chi connectivity index (χ4n) is 11.0. The molecule has 2 aliphatic heterocycles. The summed E-state index contributed by atoms with van der Waals surface area (Å²) in [5.41, 5.74) is -1.92. The van der Waals surface area contributed by atoms with Crippen LogP contribution >= 0.6 is 0 Å². The van der Waals surface area contributed by atoms with Crippen LogP contribution in [0.2, 0.25) is 0 Å². The Morgan fingerprint density at radius 3 is 1.87 bits per heavy atom. The highest BCUT2D eigenvalue weighted by molar-refractivity contribution is 5.94. The summed E-state index contributed by atoms with van der Waals surface area (Å²) in [6, 6.07) is 0. The number of esters is 4. The lowest BCUT2D eigenvalue weighted by atomic mass is 9.59. The number of hydrogen-bond acceptors (Lipinski definition) is 9. The third-order valence-corrected chi connectivity index (χ3v) is 12.8. The van der Waals surface area contributed by atoms with E-state index in [9.17, 15) is 24.0 Å². The maximum absolute atomic E-state index is 14.9. The first kappa shape index (κ1) is 30.2. The molecule has 11 atom stereocenters. The van der Waals surface area contributed by atoms with Crippen LogP contribution in [0.15, 0.2) is 48.6 Å². The molecule has 5 aliphatic carbocycles. The van der Waals surface area contributed by atoms with Gasteiger partial charge in [0, 0.05) is 54.1 Å². The van der Waals surface area contributed by atoms with Gasteiger partial charge in [0.2, 0.25) is 0 Å². The first-order chi connectivity index (χ1) is 21.4. The minimum Gasteiger partial charge on any atom is -0.458 e. The summed E-state index contributed by atoms with van der Waals surface area (Å²) >= 11 is 0. The Labute approximate surface area is 263 Å². The van der Waals surface area contributed by atoms with E-state index in [0.29, 0.717) is 36.8 Å². The molecule has 0 N–H and O–H groups in total. The smallest absolute Gasteiger partial charge is 0.334 e. The maximum atomic E-state index is 14.9. The summed E-state index contributed by atoms with van der Waals surface area (Å²) in [6.07, 6.45) is 1.97. The van der Waals surface area contributed by atoms with Crippen LogP contribution in [0.25, 0.3) is 0 Å². The molecule has 7 fully saturated rings. The molecule has 9 nitrogen and oxygen atoms in total. The largest absolute Gasteiger partial charge is 0.458 e. The van der Waals surface area contributed by atoms with Crippen molar-refractivity contribution in [3.8, 4) is 0 Å². The molecule has 5 saturated carbocycles. The van der Waals surface area contributed by atoms with Crippen LogP contribution in [0, 0.1) is 40.9 Å². The van der Waals surface area contributed by atoms with Crippen LogP contribution in [-0.4, -0.2) is 53.1 Å². The highest BCUT2D eigenvalue weighted by Crippen LogP contribution is 2.76. The van der Waals surface area contributed by atoms with Crippen molar-refractivity contribution >= 4 is 29.7 Å². The number of carbonyl (C=O) groups is 5. The van der Waals surface area contributed by atoms with Crippen LogP contribution in [0.5, 0.6) is 0 Å². The number of carbonyl (C=O) groups excluding carboxylic acids is 5. The Bertz CT molecular complexity index is 1490. The van der Waals surface area contributed by atoms with Crippen LogP contribution in [-0.2, 0) is 42.9 Å². The van der Waals surface area contributed by atoms with E-state index in [1.807, 2.05) is 0 Å². The number of rotatable bonds is 4. The first-order valence-corrected chi connectivity index (χ1v) is 16.5. The Balaban J connectivity index is 1.50. The Hall–Kier alpha value is -3.49. The summed E-state index contributed by atoms with van der Waals surface area (Å²) in [4.78, 5) is 68.1. The van der Waals surface area contributed by atoms with Crippen LogP contribution in [0.1, 0.15) is 78.1 Å². The molecule has 0 amide bonds. The van der Waals surface area contributed by atoms with E-state index in [1.54, 1.807) is 13.8 Å². The number of fused-ring (bicyclic) bond motifs is 10. The highest BCUT2D eigenvalue weighted by atomic mass is 16.6. The van der Waals surface area contributed by atoms with Gasteiger partial charge in [-0.25, -0.2) is 9.59 Å². The van der Waals surface area contributed by atoms with Crippen molar-refractivity contribution in [2.45, 2.75) is 101 Å². The molecule has 2 unspecified atom stereocenters. The zero-order chi connectivity index (χ0) is 32.2. The topological polar surface area (TPSA) is 122 Å². The molecule has 0 bridgehead atoms. The molecule has 2 heterocycles. The monoisotopic (exact) mass is 618 g/mol. The number of ether oxygens (including phenoxy) is 4. The molecule has 45 heavy (non-hydrogen) atoms. The maximum Gasteiger partial charge on any atom is 0.334 e. The number of Topliss-reactive ketones (excluding diaryl/α,β-unsaturated/α-hetero) is 1. The van der Waals surface area contributed by atoms with Gasteiger partial charge in [-0.2, -0.15) is 0 Å². The summed E-state index contributed by atoms with van der Waals surface area (Å²) < 4.78 is 25.5. The van der Waals surface area contributed by atoms with E-state index in [2.05, 4.69) is 26.3 Å². The lowest BCUT2D eigenvalue weighted by Gasteiger charge is -2.52. The molecular formula is C36H42O9. The lowest BCUT2D eigenvalue weighted by Crippen LogP contribution is -2.66. The van der Waals surface area contributed by atoms with E-state index in [1.165, 1.54) is 0 Å². The van der Waals surface area contributed by atoms with E-state index < -0.39 is 64.5 Å². The molecule has 7 rings (SSSR count). The van der Waals surface area contributed by atoms with Gasteiger partial charge in [0.25, 0.3) is 0 Å². The zero-order valence-corrected chi connectivity index (χ0v) is 26.2. The SMILES string of the molecule is C=C1CC[C@H]2C(=C)C(=O)O[C@@H]2C2C1CC(=O)[C@]21CC[C@]2(OC(=O)CC)[C@@H]3[C@H]4OC(=O)C(=C)[C@@H]4CCC(=C)[C@@H]3C[C@@]21OC(=O)CC. The molecule has 0 radical (unpaired) electrons. The summed E-state index contributed by atoms with van der Waals surface area (Å²) in [6.45, 7) is 20.4. The molecule has 2 saturated heterocycles. The van der Waals surface area contributed by atoms with Crippen LogP contribution < -0.4 is 0 Å². The molecule has 0 aromatic carbocycles. The fourth-order valence-corrected chi connectivity index (χ4v) is 11.0. The second-order valence-electron chi connectivity index (χ2n) is 14.3. The minimum absolute atomic E-state index is 0.0383. The van der Waals surface area contributed by atoms with Crippen LogP contribution in [0.3, 0.4) is 0 Å². The van der Waals surface area contributed by atoms with Gasteiger partial charge in [-0.05, 0) is 56.8 Å². The summed E-state index contributed by atoms with van der Waals surface area (Å²) in [5.74, 6) is -4.58. The number of hydrogen-bond donors (Lipinski definition) is 0. The van der Waals surface area contributed by atoms with Gasteiger partial charge in [-0.3, -0.25) is 14.4 Å². The predicted molar refractivity (Wildman–Crippen MR) is 160 cm³/mol. The van der Waals surface area contributed by atoms with Crippen molar-refractivity contribution in [2.24, 2.45) is 40.9 Å². The highest BCUT2D eigenvalue weighted by Gasteiger charge is 2.87. The third kappa shape index (κ3) is 3.64. The Morgan fingerprint density at radius 2 is 1.29 bits per heavy atom. The summed E-state index contributed by atoms with van der Waals surface area (Å²) in [7, 11) is 0. The van der Waals surface area contributed by atoms with Gasteiger partial charge in [0.15, 0.2) is 11.2 Å². The van der Waals surface area contributed by atoms with Crippen molar-refractivity contribution in [3.05, 3.63) is 48.6 Å². The van der Waals surface area contributed by atoms with Gasteiger partial charge >= 0.3 is 23.9 Å². The standard InChI is InChI=1S/C36H42O9/c1-7-26(38)44-35-14-13-34(25(37)15-23-17(3)9-11-21-19(5)32(40)42-30(21)28(23)34)36(35,45-27(39)8-2)16-24-18(4)10-12-22-20(6)33(41)43-31(22)29(24)35/h21-24,28-31H,3-16H2,1-2H3/t21-,22-,23?,24-,28?,29-,30-,31-,34+,35-,36-/m0/s1. The van der Waals surface area contributed by atoms with Crippen molar-refractivity contribution in [1.29, 1.82) is 0 Å². The van der Waals surface area contributed by atoms with Crippen molar-refractivity contribution in [1.82, 2.24) is 0 Å². The molecule has 240 valence electrons. The van der Waals surface area contributed by atoms with E-state index in [0.717, 1.165) is 11.1 Å². The van der Waals surface area contributed by atoms with Gasteiger partial charge in [0.1, 0.15) is 18.0 Å². The van der Waals surface area contributed by atoms with Crippen LogP contribution in [0.4, 0.5) is 0 Å². The van der Waals surface area contributed by atoms with Gasteiger partial charge < -0.3 is 18.9 Å². The minimum atomic E-state index is -1.61. The predicted octanol–water partition coefficient (Wildman–Crippen LogP) is 4.89. The normalized spacial score (nSPS) is 44.8.